The zero-order valence-corrected chi connectivity index (χ0v) is 9.20. The van der Waals surface area contributed by atoms with Gasteiger partial charge in [-0.25, -0.2) is 0 Å². The molecule has 0 N–H and O–H groups in total. The van der Waals surface area contributed by atoms with Crippen LogP contribution in [0.4, 0.5) is 0 Å². The van der Waals surface area contributed by atoms with E-state index in [1.807, 2.05) is 0 Å². The molecule has 1 rings (SSSR count). The van der Waals surface area contributed by atoms with E-state index in [0.717, 1.165) is 6.42 Å². The molecule has 0 aromatic rings. The molecule has 4 heteroatoms. The Hall–Kier alpha value is 1.04. The third-order valence-corrected chi connectivity index (χ3v) is 1.55. The van der Waals surface area contributed by atoms with Gasteiger partial charge in [0.25, 0.3) is 0 Å². The fourth-order valence-corrected chi connectivity index (χ4v) is 0.894. The van der Waals surface area contributed by atoms with Crippen LogP contribution < -0.4 is 0 Å². The van der Waals surface area contributed by atoms with Crippen molar-refractivity contribution in [3.8, 4) is 0 Å². The molecule has 59 valence electrons. The normalized spacial score (nSPS) is 12.4. The van der Waals surface area contributed by atoms with Crippen molar-refractivity contribution in [3.63, 3.8) is 0 Å². The summed E-state index contributed by atoms with van der Waals surface area (Å²) >= 11 is 2.32. The molecule has 0 aliphatic heterocycles. The summed E-state index contributed by atoms with van der Waals surface area (Å²) in [6, 6.07) is 0. The molecule has 9 heavy (non-hydrogen) atoms. The summed E-state index contributed by atoms with van der Waals surface area (Å²) in [4.78, 5) is 0. The van der Waals surface area contributed by atoms with E-state index in [2.05, 4.69) is 38.0 Å². The molecule has 0 heterocycles. The van der Waals surface area contributed by atoms with Gasteiger partial charge in [-0.15, -0.1) is 37.2 Å². The fourth-order valence-electron chi connectivity index (χ4n) is 0.408. The second kappa shape index (κ2) is 9.04. The van der Waals surface area contributed by atoms with Gasteiger partial charge in [-0.2, -0.15) is 0 Å². The van der Waals surface area contributed by atoms with E-state index in [0.29, 0.717) is 0 Å². The minimum absolute atomic E-state index is 0. The van der Waals surface area contributed by atoms with Gasteiger partial charge in [0.1, 0.15) is 0 Å². The van der Waals surface area contributed by atoms with Crippen LogP contribution in [0.1, 0.15) is 6.42 Å². The Morgan fingerprint density at radius 2 is 1.78 bits per heavy atom. The molecule has 0 bridgehead atoms. The average Bonchev–Trinajstić information content (AvgIpc) is 1.86. The Bertz CT molecular complexity index is 109. The summed E-state index contributed by atoms with van der Waals surface area (Å²) in [6.07, 6.45) is 7.52. The van der Waals surface area contributed by atoms with Crippen molar-refractivity contribution in [2.45, 2.75) is 6.42 Å². The van der Waals surface area contributed by atoms with Crippen LogP contribution in [-0.2, 0) is 19.8 Å². The van der Waals surface area contributed by atoms with Gasteiger partial charge in [-0.1, -0.05) is 0 Å². The maximum absolute atomic E-state index is 2.32. The molecule has 0 saturated heterocycles. The fraction of sp³-hybridized carbons (Fsp3) is 0.200. The number of hydrogen-bond acceptors (Lipinski definition) is 0. The Morgan fingerprint density at radius 1 is 1.22 bits per heavy atom. The van der Waals surface area contributed by atoms with Gasteiger partial charge < -0.3 is 0 Å². The van der Waals surface area contributed by atoms with Crippen molar-refractivity contribution in [1.29, 1.82) is 0 Å². The van der Waals surface area contributed by atoms with Gasteiger partial charge in [-0.3, -0.25) is 0 Å². The summed E-state index contributed by atoms with van der Waals surface area (Å²) in [7, 11) is 0. The third kappa shape index (κ3) is 6.93. The molecule has 1 aliphatic rings. The van der Waals surface area contributed by atoms with Crippen molar-refractivity contribution in [2.75, 3.05) is 0 Å². The van der Waals surface area contributed by atoms with Crippen molar-refractivity contribution in [1.82, 2.24) is 0 Å². The molecule has 0 fully saturated rings. The Labute approximate surface area is 85.3 Å². The standard InChI is InChI=1S/C5H5.3ClH.Pt/c1-2-4-5-3-1;;;;/h1-3H,4H2;3*1H;. The Kier molecular flexibility index (Phi) is 16.6. The minimum atomic E-state index is 0. The quantitative estimate of drug-likeness (QED) is 0.616. The second-order valence-electron chi connectivity index (χ2n) is 1.21. The summed E-state index contributed by atoms with van der Waals surface area (Å²) in [5.74, 6) is 0. The maximum atomic E-state index is 2.32. The van der Waals surface area contributed by atoms with Gasteiger partial charge in [0, 0.05) is 0 Å². The molecule has 0 aromatic heterocycles. The van der Waals surface area contributed by atoms with Crippen molar-refractivity contribution in [3.05, 3.63) is 22.2 Å². The van der Waals surface area contributed by atoms with Crippen LogP contribution >= 0.6 is 37.2 Å². The topological polar surface area (TPSA) is 0 Å². The van der Waals surface area contributed by atoms with Gasteiger partial charge in [-0.05, 0) is 0 Å². The van der Waals surface area contributed by atoms with Gasteiger partial charge >= 0.3 is 48.4 Å². The van der Waals surface area contributed by atoms with E-state index >= 15 is 0 Å². The number of rotatable bonds is 0. The Balaban J connectivity index is -0.000000120. The first-order chi connectivity index (χ1) is 2.89. The van der Waals surface area contributed by atoms with Crippen LogP contribution in [-0.4, -0.2) is 0 Å². The van der Waals surface area contributed by atoms with E-state index in [1.54, 1.807) is 0 Å². The Morgan fingerprint density at radius 3 is 1.89 bits per heavy atom. The predicted molar refractivity (Wildman–Crippen MR) is 43.6 cm³/mol. The zero-order valence-electron chi connectivity index (χ0n) is 4.48. The van der Waals surface area contributed by atoms with E-state index in [1.165, 1.54) is 3.96 Å². The molecule has 0 aromatic carbocycles. The molecule has 1 aliphatic carbocycles. The van der Waals surface area contributed by atoms with Crippen molar-refractivity contribution >= 4 is 37.2 Å². The van der Waals surface area contributed by atoms with Crippen LogP contribution in [0.3, 0.4) is 0 Å². The van der Waals surface area contributed by atoms with Crippen LogP contribution in [0.5, 0.6) is 0 Å². The zero-order chi connectivity index (χ0) is 4.41. The molecule has 0 saturated carbocycles. The SMILES string of the molecule is Cl.Cl.Cl.[Pt][C]1=CC=CC1. The number of allylic oxidation sites excluding steroid dienone is 4. The summed E-state index contributed by atoms with van der Waals surface area (Å²) in [5.41, 5.74) is 0. The first-order valence-electron chi connectivity index (χ1n) is 1.88. The van der Waals surface area contributed by atoms with Crippen molar-refractivity contribution < 1.29 is 19.8 Å². The van der Waals surface area contributed by atoms with Gasteiger partial charge in [0.2, 0.25) is 0 Å². The first kappa shape index (κ1) is 16.6. The molecule has 0 spiro atoms. The third-order valence-electron chi connectivity index (χ3n) is 0.703. The van der Waals surface area contributed by atoms with Crippen LogP contribution in [0.2, 0.25) is 0 Å². The van der Waals surface area contributed by atoms with Gasteiger partial charge in [0.05, 0.1) is 0 Å². The van der Waals surface area contributed by atoms with Crippen molar-refractivity contribution in [2.24, 2.45) is 0 Å². The molecule has 0 atom stereocenters. The molecular weight excluding hydrogens is 361 g/mol. The molecule has 0 amide bonds. The number of hydrogen-bond donors (Lipinski definition) is 0. The molecule has 0 unspecified atom stereocenters. The number of halogens is 3. The summed E-state index contributed by atoms with van der Waals surface area (Å²) < 4.78 is 1.44. The summed E-state index contributed by atoms with van der Waals surface area (Å²) in [6.45, 7) is 0. The van der Waals surface area contributed by atoms with Crippen LogP contribution in [0.25, 0.3) is 0 Å². The van der Waals surface area contributed by atoms with Gasteiger partial charge in [0.15, 0.2) is 0 Å². The second-order valence-corrected chi connectivity index (χ2v) is 2.67. The van der Waals surface area contributed by atoms with E-state index < -0.39 is 0 Å². The average molecular weight is 370 g/mol. The molecule has 0 radical (unpaired) electrons. The summed E-state index contributed by atoms with van der Waals surface area (Å²) in [5, 5.41) is 0. The van der Waals surface area contributed by atoms with E-state index in [4.69, 9.17) is 0 Å². The monoisotopic (exact) mass is 368 g/mol. The van der Waals surface area contributed by atoms with E-state index in [9.17, 15) is 0 Å². The predicted octanol–water partition coefficient (Wildman–Crippen LogP) is 2.64. The first-order valence-corrected chi connectivity index (χ1v) is 3.01. The van der Waals surface area contributed by atoms with E-state index in [-0.39, 0.29) is 37.2 Å². The van der Waals surface area contributed by atoms with Crippen LogP contribution in [0, 0.1) is 0 Å². The van der Waals surface area contributed by atoms with Crippen LogP contribution in [0.15, 0.2) is 22.2 Å². The molecular formula is C5H8Cl3Pt. The molecule has 0 nitrogen and oxygen atoms in total.